The van der Waals surface area contributed by atoms with Crippen LogP contribution in [0.4, 0.5) is 11.6 Å². The minimum atomic E-state index is 0.162. The fourth-order valence-electron chi connectivity index (χ4n) is 1.67. The summed E-state index contributed by atoms with van der Waals surface area (Å²) in [4.78, 5) is 10.8. The monoisotopic (exact) mass is 269 g/mol. The van der Waals surface area contributed by atoms with E-state index < -0.39 is 0 Å². The lowest BCUT2D eigenvalue weighted by atomic mass is 10.3. The summed E-state index contributed by atoms with van der Waals surface area (Å²) in [6.07, 6.45) is 0.698. The lowest BCUT2D eigenvalue weighted by Gasteiger charge is -2.22. The largest absolute Gasteiger partial charge is 0.396 e. The lowest BCUT2D eigenvalue weighted by molar-refractivity contribution is 0.128. The average Bonchev–Trinajstić information content (AvgIpc) is 2.45. The number of aromatic nitrogens is 2. The van der Waals surface area contributed by atoms with Crippen molar-refractivity contribution in [3.05, 3.63) is 11.9 Å². The molecule has 108 valence electrons. The summed E-state index contributed by atoms with van der Waals surface area (Å²) in [6, 6.07) is 1.79. The molecule has 0 radical (unpaired) electrons. The van der Waals surface area contributed by atoms with Crippen molar-refractivity contribution in [3.63, 3.8) is 0 Å². The summed E-state index contributed by atoms with van der Waals surface area (Å²) in [7, 11) is 0. The summed E-state index contributed by atoms with van der Waals surface area (Å²) in [5.74, 6) is 7.35. The van der Waals surface area contributed by atoms with Gasteiger partial charge in [0.15, 0.2) is 5.82 Å². The molecule has 19 heavy (non-hydrogen) atoms. The molecule has 0 aliphatic carbocycles. The van der Waals surface area contributed by atoms with Crippen molar-refractivity contribution in [2.75, 3.05) is 36.6 Å². The number of nitrogen functional groups attached to an aromatic ring is 1. The van der Waals surface area contributed by atoms with Crippen LogP contribution in [0.3, 0.4) is 0 Å². The first-order valence-electron chi connectivity index (χ1n) is 6.53. The maximum atomic E-state index is 8.92. The van der Waals surface area contributed by atoms with Crippen LogP contribution in [0.15, 0.2) is 6.07 Å². The zero-order valence-electron chi connectivity index (χ0n) is 11.6. The molecule has 0 saturated carbocycles. The van der Waals surface area contributed by atoms with Gasteiger partial charge < -0.3 is 20.2 Å². The Morgan fingerprint density at radius 1 is 1.42 bits per heavy atom. The number of hydrogen-bond donors (Lipinski definition) is 3. The van der Waals surface area contributed by atoms with Crippen LogP contribution in [-0.4, -0.2) is 41.4 Å². The fraction of sp³-hybridized carbons (Fsp3) is 0.667. The number of nitrogens with one attached hydrogen (secondary N) is 1. The number of aliphatic hydroxyl groups excluding tert-OH is 1. The molecule has 0 bridgehead atoms. The van der Waals surface area contributed by atoms with E-state index in [4.69, 9.17) is 15.7 Å². The highest BCUT2D eigenvalue weighted by atomic mass is 16.5. The Kier molecular flexibility index (Phi) is 7.09. The predicted octanol–water partition coefficient (Wildman–Crippen LogP) is 0.507. The normalized spacial score (nSPS) is 10.5. The van der Waals surface area contributed by atoms with E-state index in [1.54, 1.807) is 6.07 Å². The molecule has 0 spiro atoms. The predicted molar refractivity (Wildman–Crippen MR) is 74.8 cm³/mol. The zero-order chi connectivity index (χ0) is 14.1. The first kappa shape index (κ1) is 15.6. The Morgan fingerprint density at radius 2 is 2.21 bits per heavy atom. The Balaban J connectivity index is 2.89. The number of hydrogen-bond acceptors (Lipinski definition) is 7. The number of hydrazine groups is 1. The first-order chi connectivity index (χ1) is 9.24. The van der Waals surface area contributed by atoms with E-state index in [-0.39, 0.29) is 6.61 Å². The highest BCUT2D eigenvalue weighted by molar-refractivity contribution is 5.48. The van der Waals surface area contributed by atoms with E-state index in [0.717, 1.165) is 18.9 Å². The van der Waals surface area contributed by atoms with Crippen LogP contribution in [0.25, 0.3) is 0 Å². The molecule has 0 atom stereocenters. The lowest BCUT2D eigenvalue weighted by Crippen LogP contribution is -2.26. The number of anilines is 2. The molecule has 0 aliphatic heterocycles. The molecule has 1 rings (SSSR count). The highest BCUT2D eigenvalue weighted by Crippen LogP contribution is 2.16. The number of aliphatic hydroxyl groups is 1. The van der Waals surface area contributed by atoms with Gasteiger partial charge in [-0.25, -0.2) is 15.8 Å². The fourth-order valence-corrected chi connectivity index (χ4v) is 1.67. The third-order valence-electron chi connectivity index (χ3n) is 2.63. The minimum Gasteiger partial charge on any atom is -0.396 e. The number of nitrogens with two attached hydrogens (primary N) is 1. The average molecular weight is 269 g/mol. The Morgan fingerprint density at radius 3 is 2.79 bits per heavy atom. The molecule has 7 heteroatoms. The van der Waals surface area contributed by atoms with Crippen molar-refractivity contribution in [2.24, 2.45) is 5.84 Å². The van der Waals surface area contributed by atoms with Crippen molar-refractivity contribution in [1.82, 2.24) is 9.97 Å². The van der Waals surface area contributed by atoms with Crippen LogP contribution in [0, 0.1) is 0 Å². The van der Waals surface area contributed by atoms with Gasteiger partial charge in [0.1, 0.15) is 18.2 Å². The molecular formula is C12H23N5O2. The molecule has 0 amide bonds. The Hall–Kier alpha value is -1.44. The minimum absolute atomic E-state index is 0.162. The Bertz CT molecular complexity index is 375. The third-order valence-corrected chi connectivity index (χ3v) is 2.63. The van der Waals surface area contributed by atoms with E-state index in [1.165, 1.54) is 0 Å². The number of rotatable bonds is 9. The van der Waals surface area contributed by atoms with Crippen molar-refractivity contribution in [3.8, 4) is 0 Å². The van der Waals surface area contributed by atoms with Crippen LogP contribution in [0.5, 0.6) is 0 Å². The second-order valence-corrected chi connectivity index (χ2v) is 3.97. The van der Waals surface area contributed by atoms with Gasteiger partial charge in [-0.15, -0.1) is 0 Å². The molecular weight excluding hydrogens is 246 g/mol. The summed E-state index contributed by atoms with van der Waals surface area (Å²) >= 11 is 0. The Labute approximate surface area is 113 Å². The maximum absolute atomic E-state index is 8.92. The van der Waals surface area contributed by atoms with Gasteiger partial charge in [-0.2, -0.15) is 0 Å². The summed E-state index contributed by atoms with van der Waals surface area (Å²) < 4.78 is 5.32. The standard InChI is InChI=1S/C12H23N5O2/c1-3-17(6-5-7-18)12-8-10(16-13)14-11(15-12)9-19-4-2/h8,18H,3-7,9,13H2,1-2H3,(H,14,15,16). The van der Waals surface area contributed by atoms with Gasteiger partial charge in [0.25, 0.3) is 0 Å². The molecule has 0 fully saturated rings. The van der Waals surface area contributed by atoms with E-state index in [2.05, 4.69) is 20.3 Å². The van der Waals surface area contributed by atoms with Gasteiger partial charge in [-0.1, -0.05) is 0 Å². The van der Waals surface area contributed by atoms with Gasteiger partial charge in [0, 0.05) is 32.4 Å². The highest BCUT2D eigenvalue weighted by Gasteiger charge is 2.10. The maximum Gasteiger partial charge on any atom is 0.158 e. The van der Waals surface area contributed by atoms with Gasteiger partial charge >= 0.3 is 0 Å². The van der Waals surface area contributed by atoms with Gasteiger partial charge in [0.2, 0.25) is 0 Å². The number of nitrogens with zero attached hydrogens (tertiary/aromatic N) is 3. The third kappa shape index (κ3) is 4.98. The first-order valence-corrected chi connectivity index (χ1v) is 6.53. The molecule has 1 aromatic heterocycles. The SMILES string of the molecule is CCOCc1nc(NN)cc(N(CC)CCCO)n1. The summed E-state index contributed by atoms with van der Waals surface area (Å²) in [6.45, 7) is 6.63. The topological polar surface area (TPSA) is 96.5 Å². The van der Waals surface area contributed by atoms with Crippen LogP contribution in [0.2, 0.25) is 0 Å². The van der Waals surface area contributed by atoms with Gasteiger partial charge in [-0.05, 0) is 20.3 Å². The smallest absolute Gasteiger partial charge is 0.158 e. The second-order valence-electron chi connectivity index (χ2n) is 3.97. The van der Waals surface area contributed by atoms with E-state index >= 15 is 0 Å². The molecule has 0 aliphatic rings. The van der Waals surface area contributed by atoms with E-state index in [1.807, 2.05) is 13.8 Å². The van der Waals surface area contributed by atoms with Crippen molar-refractivity contribution in [2.45, 2.75) is 26.9 Å². The second kappa shape index (κ2) is 8.63. The van der Waals surface area contributed by atoms with Crippen molar-refractivity contribution < 1.29 is 9.84 Å². The summed E-state index contributed by atoms with van der Waals surface area (Å²) in [5, 5.41) is 8.92. The number of ether oxygens (including phenoxy) is 1. The quantitative estimate of drug-likeness (QED) is 0.444. The zero-order valence-corrected chi connectivity index (χ0v) is 11.6. The van der Waals surface area contributed by atoms with Crippen molar-refractivity contribution >= 4 is 11.6 Å². The molecule has 1 aromatic rings. The van der Waals surface area contributed by atoms with Crippen LogP contribution >= 0.6 is 0 Å². The molecule has 0 unspecified atom stereocenters. The molecule has 0 aromatic carbocycles. The van der Waals surface area contributed by atoms with E-state index in [9.17, 15) is 0 Å². The molecule has 0 saturated heterocycles. The van der Waals surface area contributed by atoms with Crippen molar-refractivity contribution in [1.29, 1.82) is 0 Å². The summed E-state index contributed by atoms with van der Waals surface area (Å²) in [5.41, 5.74) is 2.54. The van der Waals surface area contributed by atoms with Gasteiger partial charge in [0.05, 0.1) is 0 Å². The van der Waals surface area contributed by atoms with E-state index in [0.29, 0.717) is 31.3 Å². The molecule has 4 N–H and O–H groups in total. The molecule has 7 nitrogen and oxygen atoms in total. The van der Waals surface area contributed by atoms with Crippen LogP contribution in [0.1, 0.15) is 26.1 Å². The van der Waals surface area contributed by atoms with Gasteiger partial charge in [-0.3, -0.25) is 0 Å². The van der Waals surface area contributed by atoms with Crippen LogP contribution in [-0.2, 0) is 11.3 Å². The molecule has 1 heterocycles. The van der Waals surface area contributed by atoms with Crippen LogP contribution < -0.4 is 16.2 Å².